The Morgan fingerprint density at radius 3 is 2.27 bits per heavy atom. The maximum absolute atomic E-state index is 13.3. The molecule has 3 amide bonds. The SMILES string of the molecule is CC(C)[C@H](NC(=O)c1ccccc1)C(=O)N1CCC[C@H]1C(=O)NCc1ccccc1. The number of hydrogen-bond acceptors (Lipinski definition) is 3. The Morgan fingerprint density at radius 1 is 1.00 bits per heavy atom. The minimum absolute atomic E-state index is 0.0983. The van der Waals surface area contributed by atoms with Gasteiger partial charge >= 0.3 is 0 Å². The van der Waals surface area contributed by atoms with E-state index in [1.165, 1.54) is 0 Å². The van der Waals surface area contributed by atoms with Crippen LogP contribution in [0.3, 0.4) is 0 Å². The molecule has 2 N–H and O–H groups in total. The summed E-state index contributed by atoms with van der Waals surface area (Å²) in [7, 11) is 0. The van der Waals surface area contributed by atoms with E-state index in [2.05, 4.69) is 10.6 Å². The maximum atomic E-state index is 13.3. The molecular weight excluding hydrogens is 378 g/mol. The van der Waals surface area contributed by atoms with Crippen LogP contribution in [0.5, 0.6) is 0 Å². The van der Waals surface area contributed by atoms with Crippen LogP contribution in [0.4, 0.5) is 0 Å². The van der Waals surface area contributed by atoms with Crippen molar-refractivity contribution in [2.24, 2.45) is 5.92 Å². The maximum Gasteiger partial charge on any atom is 0.251 e. The minimum atomic E-state index is -0.680. The van der Waals surface area contributed by atoms with Crippen molar-refractivity contribution in [2.75, 3.05) is 6.54 Å². The van der Waals surface area contributed by atoms with Crippen LogP contribution in [0.1, 0.15) is 42.6 Å². The van der Waals surface area contributed by atoms with E-state index in [-0.39, 0.29) is 23.6 Å². The summed E-state index contributed by atoms with van der Waals surface area (Å²) in [5.41, 5.74) is 1.52. The van der Waals surface area contributed by atoms with Crippen molar-refractivity contribution in [3.63, 3.8) is 0 Å². The van der Waals surface area contributed by atoms with E-state index in [1.54, 1.807) is 29.2 Å². The van der Waals surface area contributed by atoms with Crippen LogP contribution in [0.2, 0.25) is 0 Å². The molecule has 1 fully saturated rings. The summed E-state index contributed by atoms with van der Waals surface area (Å²) in [4.78, 5) is 40.3. The highest BCUT2D eigenvalue weighted by Crippen LogP contribution is 2.21. The van der Waals surface area contributed by atoms with Gasteiger partial charge in [-0.2, -0.15) is 0 Å². The number of likely N-dealkylation sites (tertiary alicyclic amines) is 1. The standard InChI is InChI=1S/C24H29N3O3/c1-17(2)21(26-22(28)19-12-7-4-8-13-19)24(30)27-15-9-14-20(27)23(29)25-16-18-10-5-3-6-11-18/h3-8,10-13,17,20-21H,9,14-16H2,1-2H3,(H,25,29)(H,26,28)/t20-,21-/m0/s1. The van der Waals surface area contributed by atoms with Crippen LogP contribution in [0.15, 0.2) is 60.7 Å². The van der Waals surface area contributed by atoms with Crippen LogP contribution < -0.4 is 10.6 Å². The lowest BCUT2D eigenvalue weighted by molar-refractivity contribution is -0.140. The highest BCUT2D eigenvalue weighted by molar-refractivity contribution is 5.98. The Balaban J connectivity index is 1.65. The van der Waals surface area contributed by atoms with Crippen molar-refractivity contribution in [1.29, 1.82) is 0 Å². The van der Waals surface area contributed by atoms with Crippen molar-refractivity contribution < 1.29 is 14.4 Å². The van der Waals surface area contributed by atoms with E-state index in [0.29, 0.717) is 25.1 Å². The minimum Gasteiger partial charge on any atom is -0.350 e. The fourth-order valence-corrected chi connectivity index (χ4v) is 3.71. The Hall–Kier alpha value is -3.15. The van der Waals surface area contributed by atoms with Gasteiger partial charge in [0.1, 0.15) is 12.1 Å². The molecule has 6 heteroatoms. The van der Waals surface area contributed by atoms with Crippen LogP contribution in [-0.2, 0) is 16.1 Å². The molecule has 6 nitrogen and oxygen atoms in total. The smallest absolute Gasteiger partial charge is 0.251 e. The van der Waals surface area contributed by atoms with Crippen molar-refractivity contribution in [3.8, 4) is 0 Å². The third-order valence-electron chi connectivity index (χ3n) is 5.40. The molecular formula is C24H29N3O3. The van der Waals surface area contributed by atoms with E-state index >= 15 is 0 Å². The molecule has 30 heavy (non-hydrogen) atoms. The van der Waals surface area contributed by atoms with E-state index in [4.69, 9.17) is 0 Å². The summed E-state index contributed by atoms with van der Waals surface area (Å²) in [5, 5.41) is 5.81. The van der Waals surface area contributed by atoms with Crippen molar-refractivity contribution in [3.05, 3.63) is 71.8 Å². The number of amides is 3. The molecule has 1 aliphatic rings. The quantitative estimate of drug-likeness (QED) is 0.741. The first-order chi connectivity index (χ1) is 14.5. The average Bonchev–Trinajstić information content (AvgIpc) is 3.26. The van der Waals surface area contributed by atoms with Gasteiger partial charge in [0.25, 0.3) is 5.91 Å². The molecule has 2 aromatic rings. The van der Waals surface area contributed by atoms with Gasteiger partial charge < -0.3 is 15.5 Å². The first-order valence-corrected chi connectivity index (χ1v) is 10.5. The van der Waals surface area contributed by atoms with Crippen LogP contribution in [-0.4, -0.2) is 41.2 Å². The van der Waals surface area contributed by atoms with E-state index in [1.807, 2.05) is 50.2 Å². The molecule has 1 saturated heterocycles. The molecule has 0 unspecified atom stereocenters. The van der Waals surface area contributed by atoms with Gasteiger partial charge in [0.15, 0.2) is 0 Å². The van der Waals surface area contributed by atoms with Gasteiger partial charge in [-0.1, -0.05) is 62.4 Å². The van der Waals surface area contributed by atoms with Crippen LogP contribution in [0.25, 0.3) is 0 Å². The first kappa shape index (κ1) is 21.6. The molecule has 2 atom stereocenters. The van der Waals surface area contributed by atoms with Crippen molar-refractivity contribution >= 4 is 17.7 Å². The third-order valence-corrected chi connectivity index (χ3v) is 5.40. The zero-order valence-corrected chi connectivity index (χ0v) is 17.5. The van der Waals surface area contributed by atoms with Crippen LogP contribution in [0, 0.1) is 5.92 Å². The van der Waals surface area contributed by atoms with Crippen molar-refractivity contribution in [2.45, 2.75) is 45.3 Å². The second kappa shape index (κ2) is 10.1. The highest BCUT2D eigenvalue weighted by Gasteiger charge is 2.38. The Kier molecular flexibility index (Phi) is 7.22. The number of carbonyl (C=O) groups is 3. The predicted octanol–water partition coefficient (Wildman–Crippen LogP) is 2.75. The van der Waals surface area contributed by atoms with Gasteiger partial charge in [0.2, 0.25) is 11.8 Å². The molecule has 0 aromatic heterocycles. The molecule has 2 aromatic carbocycles. The second-order valence-corrected chi connectivity index (χ2v) is 7.95. The lowest BCUT2D eigenvalue weighted by Gasteiger charge is -2.30. The van der Waals surface area contributed by atoms with Gasteiger partial charge in [-0.15, -0.1) is 0 Å². The lowest BCUT2D eigenvalue weighted by Crippen LogP contribution is -2.55. The topological polar surface area (TPSA) is 78.5 Å². The third kappa shape index (κ3) is 5.26. The number of benzene rings is 2. The number of hydrogen-bond donors (Lipinski definition) is 2. The summed E-state index contributed by atoms with van der Waals surface area (Å²) in [6.07, 6.45) is 1.40. The molecule has 0 saturated carbocycles. The Morgan fingerprint density at radius 2 is 1.63 bits per heavy atom. The second-order valence-electron chi connectivity index (χ2n) is 7.95. The summed E-state index contributed by atoms with van der Waals surface area (Å²) >= 11 is 0. The van der Waals surface area contributed by atoms with Gasteiger partial charge in [-0.25, -0.2) is 0 Å². The summed E-state index contributed by atoms with van der Waals surface area (Å²) < 4.78 is 0. The largest absolute Gasteiger partial charge is 0.350 e. The monoisotopic (exact) mass is 407 g/mol. The summed E-state index contributed by atoms with van der Waals surface area (Å²) in [6.45, 7) is 4.74. The van der Waals surface area contributed by atoms with E-state index in [0.717, 1.165) is 12.0 Å². The zero-order valence-electron chi connectivity index (χ0n) is 17.5. The van der Waals surface area contributed by atoms with E-state index < -0.39 is 12.1 Å². The highest BCUT2D eigenvalue weighted by atomic mass is 16.2. The van der Waals surface area contributed by atoms with Gasteiger partial charge in [-0.3, -0.25) is 14.4 Å². The molecule has 3 rings (SSSR count). The van der Waals surface area contributed by atoms with Crippen molar-refractivity contribution in [1.82, 2.24) is 15.5 Å². The molecule has 1 aliphatic heterocycles. The number of nitrogens with one attached hydrogen (secondary N) is 2. The number of nitrogens with zero attached hydrogens (tertiary/aromatic N) is 1. The molecule has 158 valence electrons. The lowest BCUT2D eigenvalue weighted by atomic mass is 10.0. The molecule has 1 heterocycles. The summed E-state index contributed by atoms with van der Waals surface area (Å²) in [6, 6.07) is 17.3. The fraction of sp³-hybridized carbons (Fsp3) is 0.375. The van der Waals surface area contributed by atoms with Gasteiger partial charge in [0.05, 0.1) is 0 Å². The Bertz CT molecular complexity index is 868. The summed E-state index contributed by atoms with van der Waals surface area (Å²) in [5.74, 6) is -0.737. The zero-order chi connectivity index (χ0) is 21.5. The van der Waals surface area contributed by atoms with Crippen LogP contribution >= 0.6 is 0 Å². The molecule has 0 radical (unpaired) electrons. The predicted molar refractivity (Wildman–Crippen MR) is 116 cm³/mol. The molecule has 0 aliphatic carbocycles. The normalized spacial score (nSPS) is 16.9. The van der Waals surface area contributed by atoms with E-state index in [9.17, 15) is 14.4 Å². The fourth-order valence-electron chi connectivity index (χ4n) is 3.71. The van der Waals surface area contributed by atoms with Gasteiger partial charge in [0, 0.05) is 18.7 Å². The number of rotatable bonds is 7. The number of carbonyl (C=O) groups excluding carboxylic acids is 3. The first-order valence-electron chi connectivity index (χ1n) is 10.5. The average molecular weight is 408 g/mol. The molecule has 0 spiro atoms. The molecule has 0 bridgehead atoms. The Labute approximate surface area is 177 Å². The van der Waals surface area contributed by atoms with Gasteiger partial charge in [-0.05, 0) is 36.5 Å².